The summed E-state index contributed by atoms with van der Waals surface area (Å²) < 4.78 is 20.7. The summed E-state index contributed by atoms with van der Waals surface area (Å²) >= 11 is 0. The fraction of sp³-hybridized carbons (Fsp3) is 0.476. The van der Waals surface area contributed by atoms with Gasteiger partial charge in [-0.25, -0.2) is 19.0 Å². The molecule has 3 N–H and O–H groups in total. The van der Waals surface area contributed by atoms with Crippen LogP contribution in [-0.4, -0.2) is 56.7 Å². The van der Waals surface area contributed by atoms with Crippen molar-refractivity contribution < 1.29 is 14.2 Å². The van der Waals surface area contributed by atoms with Crippen LogP contribution in [0.5, 0.6) is 0 Å². The van der Waals surface area contributed by atoms with Gasteiger partial charge in [-0.2, -0.15) is 5.10 Å². The second kappa shape index (κ2) is 7.26. The van der Waals surface area contributed by atoms with E-state index >= 15 is 0 Å². The maximum Gasteiger partial charge on any atom is 0.182 e. The number of hydrogen-bond donors (Lipinski definition) is 2. The molecule has 0 unspecified atom stereocenters. The fourth-order valence-electron chi connectivity index (χ4n) is 4.64. The molecule has 2 aliphatic heterocycles. The molecule has 30 heavy (non-hydrogen) atoms. The van der Waals surface area contributed by atoms with Gasteiger partial charge in [0.15, 0.2) is 11.5 Å². The number of ether oxygens (including phenoxy) is 1. The van der Waals surface area contributed by atoms with Gasteiger partial charge >= 0.3 is 0 Å². The molecular formula is C21H25FN6O2. The van der Waals surface area contributed by atoms with E-state index in [1.807, 2.05) is 6.92 Å². The zero-order valence-corrected chi connectivity index (χ0v) is 16.8. The Hall–Kier alpha value is -2.62. The molecule has 2 saturated heterocycles. The van der Waals surface area contributed by atoms with E-state index in [9.17, 15) is 9.50 Å². The van der Waals surface area contributed by atoms with E-state index < -0.39 is 0 Å². The van der Waals surface area contributed by atoms with E-state index in [0.29, 0.717) is 35.0 Å². The van der Waals surface area contributed by atoms with Crippen molar-refractivity contribution >= 4 is 17.0 Å². The molecule has 0 aliphatic carbocycles. The molecule has 0 radical (unpaired) electrons. The van der Waals surface area contributed by atoms with Crippen LogP contribution in [0.25, 0.3) is 16.9 Å². The Morgan fingerprint density at radius 1 is 1.23 bits per heavy atom. The van der Waals surface area contributed by atoms with Crippen LogP contribution in [0.3, 0.4) is 0 Å². The lowest BCUT2D eigenvalue weighted by Crippen LogP contribution is -2.51. The van der Waals surface area contributed by atoms with Gasteiger partial charge in [-0.1, -0.05) is 0 Å². The van der Waals surface area contributed by atoms with Crippen molar-refractivity contribution in [1.82, 2.24) is 19.7 Å². The quantitative estimate of drug-likeness (QED) is 0.676. The maximum absolute atomic E-state index is 13.3. The lowest BCUT2D eigenvalue weighted by atomic mass is 9.73. The van der Waals surface area contributed by atoms with Crippen LogP contribution in [0.2, 0.25) is 0 Å². The van der Waals surface area contributed by atoms with Crippen LogP contribution < -0.4 is 10.6 Å². The first kappa shape index (κ1) is 19.3. The molecule has 9 heteroatoms. The second-order valence-electron chi connectivity index (χ2n) is 8.28. The van der Waals surface area contributed by atoms with E-state index in [-0.39, 0.29) is 30.0 Å². The van der Waals surface area contributed by atoms with Gasteiger partial charge in [-0.3, -0.25) is 0 Å². The largest absolute Gasteiger partial charge is 0.390 e. The summed E-state index contributed by atoms with van der Waals surface area (Å²) in [6.07, 6.45) is 3.55. The van der Waals surface area contributed by atoms with Crippen molar-refractivity contribution in [2.45, 2.75) is 38.5 Å². The number of aliphatic hydroxyl groups excluding tert-OH is 1. The molecule has 0 amide bonds. The normalized spacial score (nSPS) is 23.5. The Bertz CT molecular complexity index is 1060. The average molecular weight is 412 g/mol. The third-order valence-corrected chi connectivity index (χ3v) is 6.58. The number of fused-ring (bicyclic) bond motifs is 1. The van der Waals surface area contributed by atoms with Crippen molar-refractivity contribution in [2.75, 3.05) is 24.6 Å². The summed E-state index contributed by atoms with van der Waals surface area (Å²) in [5, 5.41) is 14.3. The van der Waals surface area contributed by atoms with Crippen LogP contribution in [0.4, 0.5) is 10.2 Å². The van der Waals surface area contributed by atoms with Gasteiger partial charge in [-0.05, 0) is 44.0 Å². The first-order valence-electron chi connectivity index (χ1n) is 10.2. The summed E-state index contributed by atoms with van der Waals surface area (Å²) in [6, 6.07) is 6.06. The molecule has 2 aliphatic rings. The molecule has 8 nitrogen and oxygen atoms in total. The molecule has 2 fully saturated rings. The SMILES string of the molecule is C[C@@H]1OCC2(CCN(c3nc4cnn(-c5ccc(F)cc5)c4nc3CO)CC2)[C@@H]1N. The Morgan fingerprint density at radius 2 is 1.97 bits per heavy atom. The topological polar surface area (TPSA) is 102 Å². The van der Waals surface area contributed by atoms with Gasteiger partial charge in [0.2, 0.25) is 0 Å². The molecule has 0 saturated carbocycles. The van der Waals surface area contributed by atoms with Gasteiger partial charge in [0.1, 0.15) is 17.0 Å². The second-order valence-corrected chi connectivity index (χ2v) is 8.28. The van der Waals surface area contributed by atoms with Crippen molar-refractivity contribution in [3.8, 4) is 5.69 Å². The summed E-state index contributed by atoms with van der Waals surface area (Å²) in [7, 11) is 0. The molecule has 2 aromatic heterocycles. The Balaban J connectivity index is 1.45. The number of hydrogen-bond acceptors (Lipinski definition) is 7. The highest BCUT2D eigenvalue weighted by Gasteiger charge is 2.47. The van der Waals surface area contributed by atoms with Crippen LogP contribution in [0, 0.1) is 11.2 Å². The lowest BCUT2D eigenvalue weighted by Gasteiger charge is -2.41. The molecular weight excluding hydrogens is 387 g/mol. The first-order valence-corrected chi connectivity index (χ1v) is 10.2. The number of piperidine rings is 1. The lowest BCUT2D eigenvalue weighted by molar-refractivity contribution is 0.0973. The molecule has 1 aromatic carbocycles. The van der Waals surface area contributed by atoms with Crippen molar-refractivity contribution in [3.05, 3.63) is 42.0 Å². The minimum atomic E-state index is -0.315. The fourth-order valence-corrected chi connectivity index (χ4v) is 4.64. The summed E-state index contributed by atoms with van der Waals surface area (Å²) in [5.41, 5.74) is 8.78. The predicted molar refractivity (Wildman–Crippen MR) is 110 cm³/mol. The maximum atomic E-state index is 13.3. The van der Waals surface area contributed by atoms with Crippen LogP contribution >= 0.6 is 0 Å². The predicted octanol–water partition coefficient (Wildman–Crippen LogP) is 1.78. The van der Waals surface area contributed by atoms with Gasteiger partial charge in [0.25, 0.3) is 0 Å². The summed E-state index contributed by atoms with van der Waals surface area (Å²) in [4.78, 5) is 11.6. The molecule has 0 bridgehead atoms. The third kappa shape index (κ3) is 3.05. The zero-order valence-electron chi connectivity index (χ0n) is 16.8. The number of aromatic nitrogens is 4. The molecule has 4 heterocycles. The van der Waals surface area contributed by atoms with Crippen molar-refractivity contribution in [1.29, 1.82) is 0 Å². The number of benzene rings is 1. The Kier molecular flexibility index (Phi) is 4.68. The average Bonchev–Trinajstić information content (AvgIpc) is 3.30. The van der Waals surface area contributed by atoms with Crippen LogP contribution in [-0.2, 0) is 11.3 Å². The summed E-state index contributed by atoms with van der Waals surface area (Å²) in [6.45, 7) is 4.07. The molecule has 2 atom stereocenters. The van der Waals surface area contributed by atoms with Crippen molar-refractivity contribution in [3.63, 3.8) is 0 Å². The van der Waals surface area contributed by atoms with Crippen molar-refractivity contribution in [2.24, 2.45) is 11.1 Å². The first-order chi connectivity index (χ1) is 14.5. The van der Waals surface area contributed by atoms with Crippen LogP contribution in [0.1, 0.15) is 25.5 Å². The number of nitrogens with two attached hydrogens (primary N) is 1. The Morgan fingerprint density at radius 3 is 2.60 bits per heavy atom. The Labute approximate surface area is 173 Å². The third-order valence-electron chi connectivity index (χ3n) is 6.58. The van der Waals surface area contributed by atoms with Gasteiger partial charge < -0.3 is 20.5 Å². The number of aliphatic hydroxyl groups is 1. The molecule has 5 rings (SSSR count). The van der Waals surface area contributed by atoms with E-state index in [2.05, 4.69) is 15.0 Å². The minimum Gasteiger partial charge on any atom is -0.390 e. The molecule has 158 valence electrons. The highest BCUT2D eigenvalue weighted by molar-refractivity contribution is 5.74. The van der Waals surface area contributed by atoms with Crippen LogP contribution in [0.15, 0.2) is 30.5 Å². The van der Waals surface area contributed by atoms with Gasteiger partial charge in [-0.15, -0.1) is 0 Å². The van der Waals surface area contributed by atoms with E-state index in [4.69, 9.17) is 15.5 Å². The summed E-state index contributed by atoms with van der Waals surface area (Å²) in [5.74, 6) is 0.364. The van der Waals surface area contributed by atoms with Gasteiger partial charge in [0.05, 0.1) is 31.2 Å². The number of anilines is 1. The monoisotopic (exact) mass is 412 g/mol. The highest BCUT2D eigenvalue weighted by Crippen LogP contribution is 2.42. The van der Waals surface area contributed by atoms with E-state index in [1.165, 1.54) is 12.1 Å². The van der Waals surface area contributed by atoms with E-state index in [1.54, 1.807) is 23.0 Å². The minimum absolute atomic E-state index is 0.0142. The number of nitrogens with zero attached hydrogens (tertiary/aromatic N) is 5. The highest BCUT2D eigenvalue weighted by atomic mass is 19.1. The molecule has 1 spiro atoms. The number of halogens is 1. The van der Waals surface area contributed by atoms with Gasteiger partial charge in [0, 0.05) is 24.5 Å². The smallest absolute Gasteiger partial charge is 0.182 e. The molecule has 3 aromatic rings. The number of rotatable bonds is 3. The standard InChI is InChI=1S/C21H25FN6O2/c1-13-18(23)21(12-30-13)6-8-27(9-7-21)19-17(11-29)26-20-16(25-19)10-24-28(20)15-4-2-14(22)3-5-15/h2-5,10,13,18,29H,6-9,11-12,23H2,1H3/t13-,18+/m0/s1. The zero-order chi connectivity index (χ0) is 20.9. The van der Waals surface area contributed by atoms with E-state index in [0.717, 1.165) is 25.9 Å².